The fraction of sp³-hybridized carbons (Fsp3) is 0.600. The van der Waals surface area contributed by atoms with Gasteiger partial charge in [-0.3, -0.25) is 4.90 Å². The lowest BCUT2D eigenvalue weighted by Gasteiger charge is -2.35. The second-order valence-electron chi connectivity index (χ2n) is 5.23. The zero-order chi connectivity index (χ0) is 12.8. The number of aliphatic hydroxyl groups excluding tert-OH is 1. The molecule has 1 aliphatic heterocycles. The van der Waals surface area contributed by atoms with Crippen LogP contribution >= 0.6 is 0 Å². The largest absolute Gasteiger partial charge is 0.392 e. The van der Waals surface area contributed by atoms with Crippen LogP contribution in [0.2, 0.25) is 0 Å². The van der Waals surface area contributed by atoms with Gasteiger partial charge in [0, 0.05) is 39.3 Å². The van der Waals surface area contributed by atoms with Crippen molar-refractivity contribution < 1.29 is 5.11 Å². The lowest BCUT2D eigenvalue weighted by atomic mass is 10.1. The van der Waals surface area contributed by atoms with Crippen LogP contribution < -0.4 is 0 Å². The molecule has 1 N–H and O–H groups in total. The summed E-state index contributed by atoms with van der Waals surface area (Å²) in [5.41, 5.74) is 1.42. The fourth-order valence-electron chi connectivity index (χ4n) is 2.50. The second-order valence-corrected chi connectivity index (χ2v) is 5.23. The van der Waals surface area contributed by atoms with Gasteiger partial charge in [-0.2, -0.15) is 0 Å². The highest BCUT2D eigenvalue weighted by atomic mass is 16.3. The van der Waals surface area contributed by atoms with Crippen LogP contribution in [0.15, 0.2) is 30.3 Å². The van der Waals surface area contributed by atoms with Gasteiger partial charge in [-0.15, -0.1) is 0 Å². The van der Waals surface area contributed by atoms with Crippen LogP contribution in [-0.2, 0) is 6.42 Å². The van der Waals surface area contributed by atoms with E-state index in [0.29, 0.717) is 0 Å². The Morgan fingerprint density at radius 3 is 2.28 bits per heavy atom. The minimum atomic E-state index is -0.208. The maximum Gasteiger partial charge on any atom is 0.0639 e. The van der Waals surface area contributed by atoms with Gasteiger partial charge in [-0.25, -0.2) is 0 Å². The third kappa shape index (κ3) is 4.41. The minimum Gasteiger partial charge on any atom is -0.392 e. The Hall–Kier alpha value is -0.900. The molecule has 0 radical (unpaired) electrons. The Bertz CT molecular complexity index is 332. The van der Waals surface area contributed by atoms with Crippen molar-refractivity contribution in [3.8, 4) is 0 Å². The molecule has 0 aromatic heterocycles. The van der Waals surface area contributed by atoms with Crippen LogP contribution in [0.1, 0.15) is 12.5 Å². The zero-order valence-corrected chi connectivity index (χ0v) is 11.3. The van der Waals surface area contributed by atoms with E-state index in [0.717, 1.165) is 45.7 Å². The van der Waals surface area contributed by atoms with Crippen LogP contribution in [0.25, 0.3) is 0 Å². The standard InChI is InChI=1S/C15H24N2O/c1-14(18)13-17-11-9-16(10-12-17)8-7-15-5-3-2-4-6-15/h2-6,14,18H,7-13H2,1H3. The number of hydrogen-bond donors (Lipinski definition) is 1. The smallest absolute Gasteiger partial charge is 0.0639 e. The summed E-state index contributed by atoms with van der Waals surface area (Å²) in [5.74, 6) is 0. The molecule has 1 heterocycles. The SMILES string of the molecule is CC(O)CN1CCN(CCc2ccccc2)CC1. The van der Waals surface area contributed by atoms with Gasteiger partial charge in [-0.1, -0.05) is 30.3 Å². The monoisotopic (exact) mass is 248 g/mol. The molecule has 1 atom stereocenters. The van der Waals surface area contributed by atoms with Gasteiger partial charge < -0.3 is 10.0 Å². The normalized spacial score (nSPS) is 19.9. The second kappa shape index (κ2) is 6.88. The number of rotatable bonds is 5. The zero-order valence-electron chi connectivity index (χ0n) is 11.3. The van der Waals surface area contributed by atoms with Crippen molar-refractivity contribution in [3.05, 3.63) is 35.9 Å². The predicted molar refractivity (Wildman–Crippen MR) is 74.7 cm³/mol. The molecule has 1 fully saturated rings. The summed E-state index contributed by atoms with van der Waals surface area (Å²) >= 11 is 0. The Morgan fingerprint density at radius 1 is 1.06 bits per heavy atom. The summed E-state index contributed by atoms with van der Waals surface area (Å²) in [5, 5.41) is 9.37. The minimum absolute atomic E-state index is 0.208. The van der Waals surface area contributed by atoms with Gasteiger partial charge in [0.2, 0.25) is 0 Å². The summed E-state index contributed by atoms with van der Waals surface area (Å²) in [6.45, 7) is 8.24. The third-order valence-electron chi connectivity index (χ3n) is 3.55. The summed E-state index contributed by atoms with van der Waals surface area (Å²) in [6, 6.07) is 10.7. The van der Waals surface area contributed by atoms with Crippen molar-refractivity contribution in [3.63, 3.8) is 0 Å². The Labute approximate surface area is 110 Å². The van der Waals surface area contributed by atoms with Crippen molar-refractivity contribution in [2.75, 3.05) is 39.3 Å². The summed E-state index contributed by atoms with van der Waals surface area (Å²) in [6.07, 6.45) is 0.929. The first-order valence-electron chi connectivity index (χ1n) is 6.91. The average Bonchev–Trinajstić information content (AvgIpc) is 2.38. The molecule has 1 unspecified atom stereocenters. The molecule has 0 amide bonds. The lowest BCUT2D eigenvalue weighted by molar-refractivity contribution is 0.0813. The Morgan fingerprint density at radius 2 is 1.67 bits per heavy atom. The van der Waals surface area contributed by atoms with Gasteiger partial charge in [0.25, 0.3) is 0 Å². The van der Waals surface area contributed by atoms with E-state index >= 15 is 0 Å². The van der Waals surface area contributed by atoms with E-state index in [2.05, 4.69) is 40.1 Å². The quantitative estimate of drug-likeness (QED) is 0.849. The van der Waals surface area contributed by atoms with Crippen LogP contribution in [-0.4, -0.2) is 60.3 Å². The Kier molecular flexibility index (Phi) is 5.17. The molecule has 0 spiro atoms. The number of benzene rings is 1. The number of aliphatic hydroxyl groups is 1. The van der Waals surface area contributed by atoms with Gasteiger partial charge in [0.15, 0.2) is 0 Å². The van der Waals surface area contributed by atoms with Crippen molar-refractivity contribution in [2.24, 2.45) is 0 Å². The first-order valence-corrected chi connectivity index (χ1v) is 6.91. The summed E-state index contributed by atoms with van der Waals surface area (Å²) in [7, 11) is 0. The molecule has 3 heteroatoms. The molecule has 18 heavy (non-hydrogen) atoms. The molecule has 1 saturated heterocycles. The predicted octanol–water partition coefficient (Wildman–Crippen LogP) is 1.23. The fourth-order valence-corrected chi connectivity index (χ4v) is 2.50. The number of nitrogens with zero attached hydrogens (tertiary/aromatic N) is 2. The highest BCUT2D eigenvalue weighted by Crippen LogP contribution is 2.05. The van der Waals surface area contributed by atoms with E-state index in [1.54, 1.807) is 0 Å². The Balaban J connectivity index is 1.68. The van der Waals surface area contributed by atoms with Crippen LogP contribution in [0.3, 0.4) is 0 Å². The van der Waals surface area contributed by atoms with Crippen molar-refractivity contribution in [1.82, 2.24) is 9.80 Å². The van der Waals surface area contributed by atoms with Crippen molar-refractivity contribution >= 4 is 0 Å². The van der Waals surface area contributed by atoms with E-state index in [-0.39, 0.29) is 6.10 Å². The van der Waals surface area contributed by atoms with Gasteiger partial charge >= 0.3 is 0 Å². The van der Waals surface area contributed by atoms with Crippen molar-refractivity contribution in [1.29, 1.82) is 0 Å². The van der Waals surface area contributed by atoms with Gasteiger partial charge in [0.05, 0.1) is 6.10 Å². The highest BCUT2D eigenvalue weighted by molar-refractivity contribution is 5.14. The highest BCUT2D eigenvalue weighted by Gasteiger charge is 2.17. The van der Waals surface area contributed by atoms with Gasteiger partial charge in [0.1, 0.15) is 0 Å². The van der Waals surface area contributed by atoms with E-state index in [1.165, 1.54) is 5.56 Å². The summed E-state index contributed by atoms with van der Waals surface area (Å²) < 4.78 is 0. The lowest BCUT2D eigenvalue weighted by Crippen LogP contribution is -2.48. The van der Waals surface area contributed by atoms with E-state index in [4.69, 9.17) is 0 Å². The van der Waals surface area contributed by atoms with E-state index in [9.17, 15) is 5.11 Å². The topological polar surface area (TPSA) is 26.7 Å². The molecular formula is C15H24N2O. The molecule has 100 valence electrons. The summed E-state index contributed by atoms with van der Waals surface area (Å²) in [4.78, 5) is 4.87. The van der Waals surface area contributed by atoms with E-state index in [1.807, 2.05) is 6.92 Å². The molecule has 1 aliphatic rings. The molecule has 0 saturated carbocycles. The first-order chi connectivity index (χ1) is 8.74. The maximum atomic E-state index is 9.37. The van der Waals surface area contributed by atoms with Crippen LogP contribution in [0.4, 0.5) is 0 Å². The van der Waals surface area contributed by atoms with Crippen LogP contribution in [0.5, 0.6) is 0 Å². The molecule has 0 aliphatic carbocycles. The van der Waals surface area contributed by atoms with E-state index < -0.39 is 0 Å². The average molecular weight is 248 g/mol. The molecular weight excluding hydrogens is 224 g/mol. The van der Waals surface area contributed by atoms with Crippen molar-refractivity contribution in [2.45, 2.75) is 19.4 Å². The van der Waals surface area contributed by atoms with Gasteiger partial charge in [-0.05, 0) is 18.9 Å². The number of piperazine rings is 1. The molecule has 2 rings (SSSR count). The molecule has 0 bridgehead atoms. The molecule has 1 aromatic carbocycles. The molecule has 1 aromatic rings. The maximum absolute atomic E-state index is 9.37. The number of β-amino-alcohol motifs (C(OH)–C–C–N with tert-alkyl or cyclic N) is 1. The number of hydrogen-bond acceptors (Lipinski definition) is 3. The molecule has 3 nitrogen and oxygen atoms in total. The van der Waals surface area contributed by atoms with Crippen LogP contribution in [0, 0.1) is 0 Å². The third-order valence-corrected chi connectivity index (χ3v) is 3.55. The first kappa shape index (κ1) is 13.5.